The third-order valence-electron chi connectivity index (χ3n) is 5.83. The Bertz CT molecular complexity index is 1120. The zero-order valence-corrected chi connectivity index (χ0v) is 21.1. The minimum atomic E-state index is -0.248. The van der Waals surface area contributed by atoms with Crippen LogP contribution in [0.4, 0.5) is 0 Å². The molecule has 2 aliphatic carbocycles. The zero-order valence-electron chi connectivity index (χ0n) is 17.0. The number of benzene rings is 3. The van der Waals surface area contributed by atoms with Crippen LogP contribution in [0.25, 0.3) is 12.2 Å². The number of allylic oxidation sites excluding steroid dienone is 2. The van der Waals surface area contributed by atoms with Gasteiger partial charge in [-0.15, -0.1) is 0 Å². The maximum atomic E-state index is 2.49. The molecule has 0 nitrogen and oxygen atoms in total. The fourth-order valence-electron chi connectivity index (χ4n) is 4.35. The van der Waals surface area contributed by atoms with Gasteiger partial charge in [-0.1, -0.05) is 0 Å². The van der Waals surface area contributed by atoms with Crippen LogP contribution in [0.2, 0.25) is 0 Å². The van der Waals surface area contributed by atoms with Crippen LogP contribution in [0.1, 0.15) is 43.2 Å². The third-order valence-corrected chi connectivity index (χ3v) is 11.0. The van der Waals surface area contributed by atoms with Crippen LogP contribution in [-0.2, 0) is 19.2 Å². The monoisotopic (exact) mass is 484 g/mol. The summed E-state index contributed by atoms with van der Waals surface area (Å²) in [5, 5.41) is 3.14. The summed E-state index contributed by atoms with van der Waals surface area (Å²) in [6.45, 7) is 4.58. The molecule has 3 atom stereocenters. The molecule has 0 aliphatic heterocycles. The van der Waals surface area contributed by atoms with Crippen molar-refractivity contribution in [2.45, 2.75) is 22.3 Å². The predicted octanol–water partition coefficient (Wildman–Crippen LogP) is 0.643. The Kier molecular flexibility index (Phi) is 7.83. The second kappa shape index (κ2) is 9.99. The van der Waals surface area contributed by atoms with Gasteiger partial charge in [-0.05, 0) is 0 Å². The fourth-order valence-corrected chi connectivity index (χ4v) is 9.18. The average Bonchev–Trinajstić information content (AvgIpc) is 3.21. The summed E-state index contributed by atoms with van der Waals surface area (Å²) in [4.78, 5) is 0. The van der Waals surface area contributed by atoms with E-state index in [1.54, 1.807) is 22.0 Å². The number of hydrogen-bond acceptors (Lipinski definition) is 0. The van der Waals surface area contributed by atoms with Crippen molar-refractivity contribution >= 4 is 26.0 Å². The molecule has 0 spiro atoms. The number of hydrogen-bond donors (Lipinski definition) is 0. The van der Waals surface area contributed by atoms with Crippen molar-refractivity contribution in [3.05, 3.63) is 112 Å². The van der Waals surface area contributed by atoms with Crippen molar-refractivity contribution in [2.24, 2.45) is 0 Å². The van der Waals surface area contributed by atoms with Gasteiger partial charge in [0.25, 0.3) is 0 Å². The van der Waals surface area contributed by atoms with Gasteiger partial charge < -0.3 is 24.8 Å². The Hall–Kier alpha value is -1.14. The molecule has 150 valence electrons. The summed E-state index contributed by atoms with van der Waals surface area (Å²) >= 11 is -0.248. The van der Waals surface area contributed by atoms with E-state index in [9.17, 15) is 0 Å². The molecule has 3 unspecified atom stereocenters. The normalized spacial score (nSPS) is 18.6. The molecule has 0 N–H and O–H groups in total. The van der Waals surface area contributed by atoms with Gasteiger partial charge >= 0.3 is 179 Å². The molecule has 5 rings (SSSR count). The summed E-state index contributed by atoms with van der Waals surface area (Å²) in [7, 11) is 0.774. The second-order valence-corrected chi connectivity index (χ2v) is 11.4. The van der Waals surface area contributed by atoms with Crippen LogP contribution < -0.4 is 30.1 Å². The smallest absolute Gasteiger partial charge is 1.00 e. The Labute approximate surface area is 202 Å². The van der Waals surface area contributed by atoms with Crippen molar-refractivity contribution in [1.29, 1.82) is 0 Å². The molecule has 0 heterocycles. The minimum Gasteiger partial charge on any atom is -1.00 e. The van der Waals surface area contributed by atoms with Gasteiger partial charge in [0.1, 0.15) is 0 Å². The Balaban J connectivity index is 0.00000128. The van der Waals surface area contributed by atoms with Crippen LogP contribution in [-0.4, -0.2) is 0 Å². The molecule has 30 heavy (non-hydrogen) atoms. The van der Waals surface area contributed by atoms with Crippen LogP contribution in [0.5, 0.6) is 0 Å². The van der Waals surface area contributed by atoms with Gasteiger partial charge in [0, 0.05) is 0 Å². The van der Waals surface area contributed by atoms with E-state index >= 15 is 0 Å². The number of aryl methyl sites for hydroxylation is 1. The van der Waals surface area contributed by atoms with E-state index in [4.69, 9.17) is 0 Å². The first-order valence-corrected chi connectivity index (χ1v) is 12.7. The molecule has 0 fully saturated rings. The van der Waals surface area contributed by atoms with E-state index in [2.05, 4.69) is 98.8 Å². The quantitative estimate of drug-likeness (QED) is 0.376. The average molecular weight is 485 g/mol. The molecule has 0 saturated carbocycles. The molecular formula is C26H23Cl2PTi. The fraction of sp³-hybridized carbons (Fsp3) is 0.154. The molecule has 0 radical (unpaired) electrons. The third kappa shape index (κ3) is 4.41. The van der Waals surface area contributed by atoms with E-state index < -0.39 is 0 Å². The summed E-state index contributed by atoms with van der Waals surface area (Å²) in [5.74, 6) is 0. The van der Waals surface area contributed by atoms with E-state index in [1.807, 2.05) is 0 Å². The first-order valence-electron chi connectivity index (χ1n) is 9.87. The first-order chi connectivity index (χ1) is 13.7. The number of halogens is 2. The van der Waals surface area contributed by atoms with E-state index in [1.165, 1.54) is 22.0 Å². The molecule has 3 aromatic carbocycles. The number of rotatable bonds is 4. The van der Waals surface area contributed by atoms with Crippen molar-refractivity contribution in [2.75, 3.05) is 0 Å². The Morgan fingerprint density at radius 1 is 0.667 bits per heavy atom. The zero-order chi connectivity index (χ0) is 19.1. The van der Waals surface area contributed by atoms with Gasteiger partial charge in [0.05, 0.1) is 0 Å². The van der Waals surface area contributed by atoms with Crippen molar-refractivity contribution in [3.8, 4) is 0 Å². The number of fused-ring (bicyclic) bond motifs is 2. The van der Waals surface area contributed by atoms with Crippen LogP contribution in [0.3, 0.4) is 0 Å². The van der Waals surface area contributed by atoms with Crippen molar-refractivity contribution in [3.63, 3.8) is 0 Å². The summed E-state index contributed by atoms with van der Waals surface area (Å²) in [5.41, 5.74) is 8.98. The van der Waals surface area contributed by atoms with Crippen LogP contribution in [0, 0.1) is 6.92 Å². The first kappa shape index (κ1) is 23.5. The van der Waals surface area contributed by atoms with E-state index in [-0.39, 0.29) is 44.0 Å². The molecule has 0 amide bonds. The molecule has 3 aromatic rings. The van der Waals surface area contributed by atoms with Crippen LogP contribution in [0.15, 0.2) is 83.7 Å². The van der Waals surface area contributed by atoms with E-state index in [0.29, 0.717) is 8.45 Å². The largest absolute Gasteiger partial charge is 1.00 e. The van der Waals surface area contributed by atoms with Gasteiger partial charge in [0.2, 0.25) is 0 Å². The predicted molar refractivity (Wildman–Crippen MR) is 119 cm³/mol. The molecule has 0 saturated heterocycles. The Morgan fingerprint density at radius 2 is 1.23 bits per heavy atom. The summed E-state index contributed by atoms with van der Waals surface area (Å²) in [6, 6.07) is 27.0. The standard InChI is InChI=1S/C16H14P.C10H9.2ClH.Ti/c1-12-6-2-5-9-16(12)17-15-10-13-7-3-4-8-14(13)11-15;1-8-6-9-4-2-3-5-10(9)7-8;;;/h2-11,17H,1H3;2-7H,1H3;2*1H;/q;;;;+2/p-2. The second-order valence-electron chi connectivity index (χ2n) is 7.72. The molecule has 0 aromatic heterocycles. The Morgan fingerprint density at radius 3 is 1.93 bits per heavy atom. The minimum absolute atomic E-state index is 0. The maximum Gasteiger partial charge on any atom is -1.00 e. The summed E-state index contributed by atoms with van der Waals surface area (Å²) < 4.78 is 1.28. The molecule has 2 aliphatic rings. The van der Waals surface area contributed by atoms with Gasteiger partial charge in [-0.25, -0.2) is 0 Å². The van der Waals surface area contributed by atoms with Gasteiger partial charge in [0.15, 0.2) is 0 Å². The SMILES string of the molecule is CC1=Cc2ccccc2[CH]1[Ti+2][CH]1C(Pc2ccccc2C)=Cc2ccccc21.[Cl-].[Cl-]. The van der Waals surface area contributed by atoms with Gasteiger partial charge in [-0.2, -0.15) is 0 Å². The van der Waals surface area contributed by atoms with Crippen molar-refractivity contribution in [1.82, 2.24) is 0 Å². The molecule has 0 bridgehead atoms. The van der Waals surface area contributed by atoms with Crippen LogP contribution >= 0.6 is 8.58 Å². The van der Waals surface area contributed by atoms with Crippen molar-refractivity contribution < 1.29 is 44.0 Å². The molecular weight excluding hydrogens is 462 g/mol. The van der Waals surface area contributed by atoms with E-state index in [0.717, 1.165) is 8.58 Å². The molecule has 4 heteroatoms. The topological polar surface area (TPSA) is 0 Å². The summed E-state index contributed by atoms with van der Waals surface area (Å²) in [6.07, 6.45) is 4.91. The van der Waals surface area contributed by atoms with Gasteiger partial charge in [-0.3, -0.25) is 0 Å². The maximum absolute atomic E-state index is 2.49.